The molecule has 0 radical (unpaired) electrons. The summed E-state index contributed by atoms with van der Waals surface area (Å²) in [7, 11) is -3.97. The van der Waals surface area contributed by atoms with Gasteiger partial charge in [-0.05, 0) is 30.3 Å². The third-order valence-corrected chi connectivity index (χ3v) is 7.03. The summed E-state index contributed by atoms with van der Waals surface area (Å²) in [6, 6.07) is 11.6. The van der Waals surface area contributed by atoms with Gasteiger partial charge in [0.05, 0.1) is 34.7 Å². The Morgan fingerprint density at radius 1 is 1.26 bits per heavy atom. The Morgan fingerprint density at radius 2 is 2.00 bits per heavy atom. The minimum atomic E-state index is -3.97. The molecule has 1 aromatic heterocycles. The third kappa shape index (κ3) is 4.62. The van der Waals surface area contributed by atoms with Crippen molar-refractivity contribution in [3.05, 3.63) is 65.4 Å². The van der Waals surface area contributed by atoms with Gasteiger partial charge in [0, 0.05) is 13.1 Å². The SMILES string of the molecule is N#C/C(=C(/O)COC(=O)c1cc(S(=O)(=O)N2CCOCC2)ccc1F)c1nc2ccccc2[nH]1. The molecular weight excluding hydrogens is 467 g/mol. The maximum atomic E-state index is 14.3. The fourth-order valence-corrected chi connectivity index (χ4v) is 4.80. The highest BCUT2D eigenvalue weighted by Gasteiger charge is 2.28. The highest BCUT2D eigenvalue weighted by atomic mass is 32.2. The Hall–Kier alpha value is -3.79. The lowest BCUT2D eigenvalue weighted by atomic mass is 10.2. The molecule has 2 aromatic carbocycles. The number of nitrogens with zero attached hydrogens (tertiary/aromatic N) is 3. The molecule has 0 spiro atoms. The molecule has 1 aliphatic rings. The van der Waals surface area contributed by atoms with E-state index in [0.29, 0.717) is 11.0 Å². The number of aliphatic hydroxyl groups is 1. The lowest BCUT2D eigenvalue weighted by Gasteiger charge is -2.26. The van der Waals surface area contributed by atoms with E-state index in [-0.39, 0.29) is 42.6 Å². The molecule has 0 unspecified atom stereocenters. The molecule has 0 saturated carbocycles. The van der Waals surface area contributed by atoms with Crippen LogP contribution < -0.4 is 0 Å². The normalized spacial score (nSPS) is 15.5. The summed E-state index contributed by atoms with van der Waals surface area (Å²) < 4.78 is 51.2. The number of aromatic nitrogens is 2. The van der Waals surface area contributed by atoms with Crippen LogP contribution in [-0.4, -0.2) is 66.7 Å². The van der Waals surface area contributed by atoms with Gasteiger partial charge in [0.1, 0.15) is 24.1 Å². The maximum absolute atomic E-state index is 14.3. The Balaban J connectivity index is 1.54. The number of hydrogen-bond donors (Lipinski definition) is 2. The van der Waals surface area contributed by atoms with Crippen LogP contribution in [0, 0.1) is 17.1 Å². The number of nitriles is 1. The van der Waals surface area contributed by atoms with E-state index in [1.54, 1.807) is 30.3 Å². The Bertz CT molecular complexity index is 1390. The number of carbonyl (C=O) groups is 1. The first-order chi connectivity index (χ1) is 16.3. The van der Waals surface area contributed by atoms with Crippen molar-refractivity contribution in [2.24, 2.45) is 0 Å². The molecule has 0 amide bonds. The predicted molar refractivity (Wildman–Crippen MR) is 118 cm³/mol. The molecule has 0 aliphatic carbocycles. The van der Waals surface area contributed by atoms with Crippen LogP contribution >= 0.6 is 0 Å². The zero-order chi connectivity index (χ0) is 24.3. The molecule has 10 nitrogen and oxygen atoms in total. The second-order valence-electron chi connectivity index (χ2n) is 7.27. The van der Waals surface area contributed by atoms with Crippen molar-refractivity contribution in [2.45, 2.75) is 4.90 Å². The van der Waals surface area contributed by atoms with Crippen LogP contribution in [0.25, 0.3) is 16.6 Å². The van der Waals surface area contributed by atoms with Crippen LogP contribution in [-0.2, 0) is 19.5 Å². The van der Waals surface area contributed by atoms with Crippen LogP contribution in [0.1, 0.15) is 16.2 Å². The second kappa shape index (κ2) is 9.60. The smallest absolute Gasteiger partial charge is 0.341 e. The van der Waals surface area contributed by atoms with Crippen molar-refractivity contribution < 1.29 is 32.2 Å². The van der Waals surface area contributed by atoms with Crippen molar-refractivity contribution in [1.82, 2.24) is 14.3 Å². The summed E-state index contributed by atoms with van der Waals surface area (Å²) in [6.45, 7) is -0.0206. The fraction of sp³-hybridized carbons (Fsp3) is 0.227. The molecule has 0 atom stereocenters. The van der Waals surface area contributed by atoms with Gasteiger partial charge in [-0.2, -0.15) is 9.57 Å². The number of aliphatic hydroxyl groups excluding tert-OH is 1. The number of nitrogens with one attached hydrogen (secondary N) is 1. The van der Waals surface area contributed by atoms with Gasteiger partial charge in [0.25, 0.3) is 0 Å². The Morgan fingerprint density at radius 3 is 2.71 bits per heavy atom. The zero-order valence-electron chi connectivity index (χ0n) is 17.7. The van der Waals surface area contributed by atoms with Crippen molar-refractivity contribution in [3.63, 3.8) is 0 Å². The maximum Gasteiger partial charge on any atom is 0.341 e. The predicted octanol–water partition coefficient (Wildman–Crippen LogP) is 2.37. The summed E-state index contributed by atoms with van der Waals surface area (Å²) in [5.74, 6) is -2.73. The molecule has 176 valence electrons. The molecule has 2 N–H and O–H groups in total. The number of morpholine rings is 1. The van der Waals surface area contributed by atoms with E-state index < -0.39 is 39.7 Å². The number of halogens is 1. The molecule has 0 bridgehead atoms. The molecule has 12 heteroatoms. The van der Waals surface area contributed by atoms with Gasteiger partial charge in [0.15, 0.2) is 11.6 Å². The number of ether oxygens (including phenoxy) is 2. The number of H-pyrrole nitrogens is 1. The first-order valence-electron chi connectivity index (χ1n) is 10.1. The number of sulfonamides is 1. The number of carbonyl (C=O) groups excluding carboxylic acids is 1. The molecule has 4 rings (SSSR count). The van der Waals surface area contributed by atoms with E-state index >= 15 is 0 Å². The van der Waals surface area contributed by atoms with Gasteiger partial charge in [0.2, 0.25) is 10.0 Å². The zero-order valence-corrected chi connectivity index (χ0v) is 18.5. The average Bonchev–Trinajstić information content (AvgIpc) is 3.27. The van der Waals surface area contributed by atoms with Crippen LogP contribution in [0.15, 0.2) is 53.1 Å². The van der Waals surface area contributed by atoms with Gasteiger partial charge in [-0.3, -0.25) is 0 Å². The standard InChI is InChI=1S/C22H19FN4O6S/c23-17-6-5-14(34(30,31)27-7-9-32-10-8-27)11-15(17)22(29)33-13-20(28)16(12-24)21-25-18-3-1-2-4-19(18)26-21/h1-6,11,28H,7-10,13H2,(H,25,26)/b20-16-. The number of benzene rings is 2. The van der Waals surface area contributed by atoms with E-state index in [4.69, 9.17) is 9.47 Å². The molecule has 1 saturated heterocycles. The van der Waals surface area contributed by atoms with Crippen LogP contribution in [0.5, 0.6) is 0 Å². The quantitative estimate of drug-likeness (QED) is 0.307. The highest BCUT2D eigenvalue weighted by molar-refractivity contribution is 7.89. The summed E-state index contributed by atoms with van der Waals surface area (Å²) in [6.07, 6.45) is 0. The molecule has 2 heterocycles. The van der Waals surface area contributed by atoms with Crippen LogP contribution in [0.3, 0.4) is 0 Å². The number of aromatic amines is 1. The summed E-state index contributed by atoms with van der Waals surface area (Å²) in [5.41, 5.74) is 0.323. The lowest BCUT2D eigenvalue weighted by molar-refractivity contribution is 0.0497. The molecule has 1 fully saturated rings. The van der Waals surface area contributed by atoms with Crippen molar-refractivity contribution in [2.75, 3.05) is 32.9 Å². The number of imidazole rings is 1. The third-order valence-electron chi connectivity index (χ3n) is 5.13. The minimum Gasteiger partial charge on any atom is -0.507 e. The molecular formula is C22H19FN4O6S. The van der Waals surface area contributed by atoms with Crippen molar-refractivity contribution in [1.29, 1.82) is 5.26 Å². The average molecular weight is 486 g/mol. The van der Waals surface area contributed by atoms with E-state index in [2.05, 4.69) is 9.97 Å². The summed E-state index contributed by atoms with van der Waals surface area (Å²) >= 11 is 0. The topological polar surface area (TPSA) is 146 Å². The van der Waals surface area contributed by atoms with E-state index in [9.17, 15) is 28.0 Å². The minimum absolute atomic E-state index is 0.0713. The first kappa shape index (κ1) is 23.4. The summed E-state index contributed by atoms with van der Waals surface area (Å²) in [4.78, 5) is 19.3. The van der Waals surface area contributed by atoms with Crippen LogP contribution in [0.4, 0.5) is 4.39 Å². The summed E-state index contributed by atoms with van der Waals surface area (Å²) in [5, 5.41) is 19.8. The van der Waals surface area contributed by atoms with E-state index in [0.717, 1.165) is 18.2 Å². The Kier molecular flexibility index (Phi) is 6.60. The van der Waals surface area contributed by atoms with Gasteiger partial charge in [-0.1, -0.05) is 12.1 Å². The van der Waals surface area contributed by atoms with Gasteiger partial charge >= 0.3 is 5.97 Å². The number of allylic oxidation sites excluding steroid dienone is 1. The number of fused-ring (bicyclic) bond motifs is 1. The molecule has 3 aromatic rings. The van der Waals surface area contributed by atoms with Gasteiger partial charge in [-0.25, -0.2) is 22.6 Å². The number of esters is 1. The first-order valence-corrected chi connectivity index (χ1v) is 11.6. The monoisotopic (exact) mass is 486 g/mol. The fourth-order valence-electron chi connectivity index (χ4n) is 3.37. The Labute approximate surface area is 193 Å². The number of para-hydroxylation sites is 2. The van der Waals surface area contributed by atoms with Crippen LogP contribution in [0.2, 0.25) is 0 Å². The molecule has 34 heavy (non-hydrogen) atoms. The second-order valence-corrected chi connectivity index (χ2v) is 9.21. The van der Waals surface area contributed by atoms with Crippen molar-refractivity contribution in [3.8, 4) is 6.07 Å². The lowest BCUT2D eigenvalue weighted by Crippen LogP contribution is -2.40. The van der Waals surface area contributed by atoms with E-state index in [1.807, 2.05) is 0 Å². The van der Waals surface area contributed by atoms with Crippen molar-refractivity contribution >= 4 is 32.6 Å². The van der Waals surface area contributed by atoms with Gasteiger partial charge < -0.3 is 19.6 Å². The van der Waals surface area contributed by atoms with Gasteiger partial charge in [-0.15, -0.1) is 0 Å². The number of rotatable bonds is 6. The highest BCUT2D eigenvalue weighted by Crippen LogP contribution is 2.22. The largest absolute Gasteiger partial charge is 0.507 e. The number of hydrogen-bond acceptors (Lipinski definition) is 8. The van der Waals surface area contributed by atoms with E-state index in [1.165, 1.54) is 4.31 Å². The molecule has 1 aliphatic heterocycles.